The third-order valence-corrected chi connectivity index (χ3v) is 2.66. The highest BCUT2D eigenvalue weighted by molar-refractivity contribution is 5.94. The minimum absolute atomic E-state index is 0.187. The molecule has 0 aliphatic heterocycles. The predicted molar refractivity (Wildman–Crippen MR) is 74.6 cm³/mol. The Balaban J connectivity index is 2.20. The third-order valence-electron chi connectivity index (χ3n) is 2.66. The van der Waals surface area contributed by atoms with Crippen molar-refractivity contribution in [2.24, 2.45) is 5.73 Å². The normalized spacial score (nSPS) is 9.70. The van der Waals surface area contributed by atoms with E-state index in [1.54, 1.807) is 42.7 Å². The molecular weight excluding hydrogens is 254 g/mol. The van der Waals surface area contributed by atoms with Gasteiger partial charge in [-0.2, -0.15) is 5.10 Å². The number of nitrogens with two attached hydrogens (primary N) is 1. The second kappa shape index (κ2) is 6.50. The van der Waals surface area contributed by atoms with Crippen LogP contribution in [0, 0.1) is 11.8 Å². The maximum atomic E-state index is 12.4. The van der Waals surface area contributed by atoms with Gasteiger partial charge in [-0.05, 0) is 12.1 Å². The molecule has 6 heteroatoms. The smallest absolute Gasteiger partial charge is 0.273 e. The summed E-state index contributed by atoms with van der Waals surface area (Å²) in [6.07, 6.45) is 5.00. The van der Waals surface area contributed by atoms with E-state index in [-0.39, 0.29) is 12.5 Å². The highest BCUT2D eigenvalue weighted by Crippen LogP contribution is 2.09. The van der Waals surface area contributed by atoms with Crippen molar-refractivity contribution in [1.29, 1.82) is 0 Å². The van der Waals surface area contributed by atoms with Gasteiger partial charge in [-0.1, -0.05) is 11.8 Å². The number of hydrogen-bond acceptors (Lipinski definition) is 4. The molecule has 0 spiro atoms. The Labute approximate surface area is 117 Å². The first kappa shape index (κ1) is 13.8. The summed E-state index contributed by atoms with van der Waals surface area (Å²) < 4.78 is 0. The standard InChI is InChI=1S/C14H15N5O/c1-19(10-11-8-17-18-9-11)14(20)13-12(4-2-6-15)5-3-7-16-13/h3,5,7-9H,6,10,15H2,1H3,(H,17,18). The molecule has 3 N–H and O–H groups in total. The number of amides is 1. The lowest BCUT2D eigenvalue weighted by Gasteiger charge is -2.16. The van der Waals surface area contributed by atoms with Crippen LogP contribution in [0.5, 0.6) is 0 Å². The molecule has 0 atom stereocenters. The first-order valence-corrected chi connectivity index (χ1v) is 6.09. The van der Waals surface area contributed by atoms with Gasteiger partial charge >= 0.3 is 0 Å². The number of aromatic amines is 1. The molecule has 0 bridgehead atoms. The number of nitrogens with zero attached hydrogens (tertiary/aromatic N) is 3. The van der Waals surface area contributed by atoms with Gasteiger partial charge in [-0.25, -0.2) is 4.98 Å². The van der Waals surface area contributed by atoms with Crippen LogP contribution in [0.15, 0.2) is 30.7 Å². The lowest BCUT2D eigenvalue weighted by atomic mass is 10.1. The van der Waals surface area contributed by atoms with Crippen molar-refractivity contribution in [3.8, 4) is 11.8 Å². The Morgan fingerprint density at radius 1 is 1.55 bits per heavy atom. The minimum atomic E-state index is -0.187. The molecular formula is C14H15N5O. The molecule has 0 fully saturated rings. The second-order valence-electron chi connectivity index (χ2n) is 4.17. The maximum Gasteiger partial charge on any atom is 0.273 e. The topological polar surface area (TPSA) is 87.9 Å². The van der Waals surface area contributed by atoms with Gasteiger partial charge in [-0.3, -0.25) is 9.89 Å². The number of aromatic nitrogens is 3. The van der Waals surface area contributed by atoms with Crippen LogP contribution < -0.4 is 5.73 Å². The molecule has 0 aliphatic rings. The molecule has 0 aliphatic carbocycles. The number of H-pyrrole nitrogens is 1. The van der Waals surface area contributed by atoms with Crippen LogP contribution in [-0.2, 0) is 6.54 Å². The van der Waals surface area contributed by atoms with Gasteiger partial charge in [0, 0.05) is 31.5 Å². The van der Waals surface area contributed by atoms with E-state index < -0.39 is 0 Å². The van der Waals surface area contributed by atoms with Crippen molar-refractivity contribution < 1.29 is 4.79 Å². The molecule has 2 rings (SSSR count). The zero-order chi connectivity index (χ0) is 14.4. The molecule has 2 aromatic rings. The summed E-state index contributed by atoms with van der Waals surface area (Å²) >= 11 is 0. The molecule has 6 nitrogen and oxygen atoms in total. The Morgan fingerprint density at radius 3 is 3.10 bits per heavy atom. The van der Waals surface area contributed by atoms with Crippen LogP contribution in [0.2, 0.25) is 0 Å². The van der Waals surface area contributed by atoms with Crippen molar-refractivity contribution in [1.82, 2.24) is 20.1 Å². The van der Waals surface area contributed by atoms with E-state index in [0.717, 1.165) is 5.56 Å². The van der Waals surface area contributed by atoms with E-state index in [9.17, 15) is 4.79 Å². The number of rotatable bonds is 3. The van der Waals surface area contributed by atoms with Crippen molar-refractivity contribution in [3.63, 3.8) is 0 Å². The zero-order valence-electron chi connectivity index (χ0n) is 11.1. The fourth-order valence-electron chi connectivity index (χ4n) is 1.71. The molecule has 2 aromatic heterocycles. The van der Waals surface area contributed by atoms with Crippen molar-refractivity contribution in [3.05, 3.63) is 47.5 Å². The summed E-state index contributed by atoms with van der Waals surface area (Å²) in [6.45, 7) is 0.697. The quantitative estimate of drug-likeness (QED) is 0.789. The average Bonchev–Trinajstić information content (AvgIpc) is 2.97. The Bertz CT molecular complexity index is 639. The first-order chi connectivity index (χ1) is 9.72. The molecule has 0 aromatic carbocycles. The lowest BCUT2D eigenvalue weighted by molar-refractivity contribution is 0.0779. The number of hydrogen-bond donors (Lipinski definition) is 2. The Morgan fingerprint density at radius 2 is 2.40 bits per heavy atom. The SMILES string of the molecule is CN(Cc1cn[nH]c1)C(=O)c1ncccc1C#CCN. The van der Waals surface area contributed by atoms with Gasteiger partial charge in [-0.15, -0.1) is 0 Å². The van der Waals surface area contributed by atoms with Gasteiger partial charge in [0.05, 0.1) is 18.3 Å². The highest BCUT2D eigenvalue weighted by atomic mass is 16.2. The van der Waals surface area contributed by atoms with Crippen LogP contribution in [-0.4, -0.2) is 39.6 Å². The van der Waals surface area contributed by atoms with Crippen molar-refractivity contribution in [2.45, 2.75) is 6.54 Å². The minimum Gasteiger partial charge on any atom is -0.336 e. The molecule has 0 unspecified atom stereocenters. The summed E-state index contributed by atoms with van der Waals surface area (Å²) in [5.74, 6) is 5.41. The summed E-state index contributed by atoms with van der Waals surface area (Å²) in [4.78, 5) is 18.1. The average molecular weight is 269 g/mol. The van der Waals surface area contributed by atoms with E-state index in [1.165, 1.54) is 0 Å². The largest absolute Gasteiger partial charge is 0.336 e. The fourth-order valence-corrected chi connectivity index (χ4v) is 1.71. The molecule has 102 valence electrons. The predicted octanol–water partition coefficient (Wildman–Crippen LogP) is 0.387. The van der Waals surface area contributed by atoms with Crippen LogP contribution in [0.1, 0.15) is 21.6 Å². The lowest BCUT2D eigenvalue weighted by Crippen LogP contribution is -2.27. The summed E-state index contributed by atoms with van der Waals surface area (Å²) in [5.41, 5.74) is 7.19. The number of nitrogens with one attached hydrogen (secondary N) is 1. The van der Waals surface area contributed by atoms with Crippen LogP contribution >= 0.6 is 0 Å². The number of pyridine rings is 1. The fraction of sp³-hybridized carbons (Fsp3) is 0.214. The van der Waals surface area contributed by atoms with Crippen molar-refractivity contribution >= 4 is 5.91 Å². The monoisotopic (exact) mass is 269 g/mol. The van der Waals surface area contributed by atoms with Gasteiger partial charge < -0.3 is 10.6 Å². The molecule has 20 heavy (non-hydrogen) atoms. The van der Waals surface area contributed by atoms with Crippen LogP contribution in [0.4, 0.5) is 0 Å². The second-order valence-corrected chi connectivity index (χ2v) is 4.17. The van der Waals surface area contributed by atoms with Gasteiger partial charge in [0.15, 0.2) is 0 Å². The van der Waals surface area contributed by atoms with E-state index in [1.807, 2.05) is 0 Å². The van der Waals surface area contributed by atoms with E-state index in [4.69, 9.17) is 5.73 Å². The van der Waals surface area contributed by atoms with E-state index in [0.29, 0.717) is 17.8 Å². The van der Waals surface area contributed by atoms with Crippen molar-refractivity contribution in [2.75, 3.05) is 13.6 Å². The van der Waals surface area contributed by atoms with Crippen LogP contribution in [0.25, 0.3) is 0 Å². The molecule has 0 radical (unpaired) electrons. The van der Waals surface area contributed by atoms with Gasteiger partial charge in [0.1, 0.15) is 5.69 Å². The molecule has 2 heterocycles. The summed E-state index contributed by atoms with van der Waals surface area (Å²) in [7, 11) is 1.71. The molecule has 1 amide bonds. The Hall–Kier alpha value is -2.65. The summed E-state index contributed by atoms with van der Waals surface area (Å²) in [5, 5.41) is 6.56. The first-order valence-electron chi connectivity index (χ1n) is 6.09. The molecule has 0 saturated carbocycles. The van der Waals surface area contributed by atoms with E-state index in [2.05, 4.69) is 27.0 Å². The summed E-state index contributed by atoms with van der Waals surface area (Å²) in [6, 6.07) is 3.50. The number of carbonyl (C=O) groups excluding carboxylic acids is 1. The zero-order valence-corrected chi connectivity index (χ0v) is 11.1. The number of carbonyl (C=O) groups is 1. The highest BCUT2D eigenvalue weighted by Gasteiger charge is 2.16. The van der Waals surface area contributed by atoms with Gasteiger partial charge in [0.25, 0.3) is 5.91 Å². The third kappa shape index (κ3) is 3.22. The van der Waals surface area contributed by atoms with E-state index >= 15 is 0 Å². The van der Waals surface area contributed by atoms with Gasteiger partial charge in [0.2, 0.25) is 0 Å². The maximum absolute atomic E-state index is 12.4. The Kier molecular flexibility index (Phi) is 4.47. The molecule has 0 saturated heterocycles. The van der Waals surface area contributed by atoms with Crippen LogP contribution in [0.3, 0.4) is 0 Å².